The van der Waals surface area contributed by atoms with E-state index >= 15 is 0 Å². The van der Waals surface area contributed by atoms with Crippen molar-refractivity contribution in [2.45, 2.75) is 13.8 Å². The summed E-state index contributed by atoms with van der Waals surface area (Å²) >= 11 is 1.18. The second-order valence-electron chi connectivity index (χ2n) is 6.13. The number of amides is 3. The zero-order valence-corrected chi connectivity index (χ0v) is 16.5. The van der Waals surface area contributed by atoms with E-state index in [1.807, 2.05) is 38.1 Å². The fourth-order valence-electron chi connectivity index (χ4n) is 2.57. The largest absolute Gasteiger partial charge is 0.496 e. The lowest BCUT2D eigenvalue weighted by molar-refractivity contribution is 0.102. The van der Waals surface area contributed by atoms with Crippen molar-refractivity contribution in [1.29, 1.82) is 0 Å². The van der Waals surface area contributed by atoms with Gasteiger partial charge in [-0.1, -0.05) is 12.1 Å². The van der Waals surface area contributed by atoms with Gasteiger partial charge in [0.05, 0.1) is 7.11 Å². The second kappa shape index (κ2) is 8.53. The summed E-state index contributed by atoms with van der Waals surface area (Å²) < 4.78 is 5.21. The number of ether oxygens (including phenoxy) is 1. The SMILES string of the molecule is COc1ccc(NC(=O)c2csc(NC(=O)Nc3cccc(C)c3)n2)cc1C. The molecule has 1 heterocycles. The summed E-state index contributed by atoms with van der Waals surface area (Å²) in [5.41, 5.74) is 3.50. The normalized spacial score (nSPS) is 10.2. The number of anilines is 3. The molecule has 3 rings (SSSR count). The smallest absolute Gasteiger partial charge is 0.325 e. The molecule has 3 N–H and O–H groups in total. The van der Waals surface area contributed by atoms with Gasteiger partial charge < -0.3 is 15.4 Å². The van der Waals surface area contributed by atoms with Gasteiger partial charge in [-0.15, -0.1) is 11.3 Å². The van der Waals surface area contributed by atoms with Crippen LogP contribution in [0.15, 0.2) is 47.8 Å². The lowest BCUT2D eigenvalue weighted by Crippen LogP contribution is -2.19. The van der Waals surface area contributed by atoms with Crippen LogP contribution in [0.2, 0.25) is 0 Å². The number of thiazole rings is 1. The number of nitrogens with one attached hydrogen (secondary N) is 3. The Balaban J connectivity index is 1.60. The predicted molar refractivity (Wildman–Crippen MR) is 112 cm³/mol. The fraction of sp³-hybridized carbons (Fsp3) is 0.150. The van der Waals surface area contributed by atoms with Gasteiger partial charge in [-0.05, 0) is 55.3 Å². The van der Waals surface area contributed by atoms with Crippen molar-refractivity contribution >= 4 is 39.8 Å². The van der Waals surface area contributed by atoms with Crippen molar-refractivity contribution in [1.82, 2.24) is 4.98 Å². The highest BCUT2D eigenvalue weighted by atomic mass is 32.1. The van der Waals surface area contributed by atoms with Gasteiger partial charge in [0, 0.05) is 16.8 Å². The topological polar surface area (TPSA) is 92.4 Å². The molecule has 0 saturated carbocycles. The zero-order chi connectivity index (χ0) is 20.1. The molecule has 0 atom stereocenters. The minimum Gasteiger partial charge on any atom is -0.496 e. The predicted octanol–water partition coefficient (Wildman–Crippen LogP) is 4.66. The van der Waals surface area contributed by atoms with Gasteiger partial charge in [-0.2, -0.15) is 0 Å². The number of aromatic nitrogens is 1. The molecule has 2 aromatic carbocycles. The maximum atomic E-state index is 12.4. The second-order valence-corrected chi connectivity index (χ2v) is 6.98. The Bertz CT molecular complexity index is 1020. The van der Waals surface area contributed by atoms with E-state index in [4.69, 9.17) is 4.74 Å². The highest BCUT2D eigenvalue weighted by molar-refractivity contribution is 7.14. The maximum Gasteiger partial charge on any atom is 0.325 e. The summed E-state index contributed by atoms with van der Waals surface area (Å²) in [7, 11) is 1.60. The molecule has 3 aromatic rings. The lowest BCUT2D eigenvalue weighted by Gasteiger charge is -2.08. The monoisotopic (exact) mass is 396 g/mol. The molecule has 28 heavy (non-hydrogen) atoms. The van der Waals surface area contributed by atoms with Crippen LogP contribution < -0.4 is 20.7 Å². The Labute approximate surface area is 166 Å². The summed E-state index contributed by atoms with van der Waals surface area (Å²) in [6.07, 6.45) is 0. The molecule has 1 aromatic heterocycles. The quantitative estimate of drug-likeness (QED) is 0.585. The number of rotatable bonds is 5. The first-order chi connectivity index (χ1) is 13.4. The third kappa shape index (κ3) is 4.86. The summed E-state index contributed by atoms with van der Waals surface area (Å²) in [5.74, 6) is 0.394. The maximum absolute atomic E-state index is 12.4. The number of carbonyl (C=O) groups excluding carboxylic acids is 2. The van der Waals surface area contributed by atoms with Crippen LogP contribution in [0.5, 0.6) is 5.75 Å². The number of nitrogens with zero attached hydrogens (tertiary/aromatic N) is 1. The minimum atomic E-state index is -0.419. The van der Waals surface area contributed by atoms with Crippen molar-refractivity contribution in [2.24, 2.45) is 0 Å². The third-order valence-electron chi connectivity index (χ3n) is 3.89. The van der Waals surface area contributed by atoms with E-state index < -0.39 is 6.03 Å². The van der Waals surface area contributed by atoms with Crippen LogP contribution >= 0.6 is 11.3 Å². The van der Waals surface area contributed by atoms with Gasteiger partial charge in [-0.3, -0.25) is 10.1 Å². The van der Waals surface area contributed by atoms with Crippen LogP contribution in [0.4, 0.5) is 21.3 Å². The first-order valence-electron chi connectivity index (χ1n) is 8.51. The van der Waals surface area contributed by atoms with Crippen LogP contribution in [0.1, 0.15) is 21.6 Å². The Morgan fingerprint density at radius 2 is 1.79 bits per heavy atom. The van der Waals surface area contributed by atoms with E-state index in [0.717, 1.165) is 16.9 Å². The van der Waals surface area contributed by atoms with Crippen LogP contribution in [0.25, 0.3) is 0 Å². The van der Waals surface area contributed by atoms with Gasteiger partial charge in [0.2, 0.25) is 0 Å². The molecule has 0 spiro atoms. The van der Waals surface area contributed by atoms with Gasteiger partial charge in [-0.25, -0.2) is 9.78 Å². The summed E-state index contributed by atoms with van der Waals surface area (Å²) in [6, 6.07) is 12.4. The van der Waals surface area contributed by atoms with Crippen LogP contribution in [-0.2, 0) is 0 Å². The number of hydrogen-bond acceptors (Lipinski definition) is 5. The number of methoxy groups -OCH3 is 1. The molecule has 0 unspecified atom stereocenters. The first kappa shape index (κ1) is 19.4. The van der Waals surface area contributed by atoms with E-state index in [-0.39, 0.29) is 11.6 Å². The average Bonchev–Trinajstić information content (AvgIpc) is 3.10. The van der Waals surface area contributed by atoms with E-state index in [1.165, 1.54) is 11.3 Å². The van der Waals surface area contributed by atoms with E-state index in [9.17, 15) is 9.59 Å². The number of aryl methyl sites for hydroxylation is 2. The number of carbonyl (C=O) groups is 2. The number of hydrogen-bond donors (Lipinski definition) is 3. The highest BCUT2D eigenvalue weighted by Crippen LogP contribution is 2.22. The molecule has 0 fully saturated rings. The Hall–Kier alpha value is -3.39. The van der Waals surface area contributed by atoms with Crippen LogP contribution in [-0.4, -0.2) is 24.0 Å². The number of urea groups is 1. The standard InChI is InChI=1S/C20H20N4O3S/c1-12-5-4-6-14(9-12)22-19(26)24-20-23-16(11-28-20)18(25)21-15-7-8-17(27-3)13(2)10-15/h4-11H,1-3H3,(H,21,25)(H2,22,23,24,26). The summed E-state index contributed by atoms with van der Waals surface area (Å²) in [5, 5.41) is 10.1. The molecule has 144 valence electrons. The molecule has 0 bridgehead atoms. The van der Waals surface area contributed by atoms with Crippen LogP contribution in [0.3, 0.4) is 0 Å². The van der Waals surface area contributed by atoms with Gasteiger partial charge in [0.25, 0.3) is 5.91 Å². The molecule has 0 aliphatic carbocycles. The Morgan fingerprint density at radius 1 is 1.00 bits per heavy atom. The van der Waals surface area contributed by atoms with Crippen molar-refractivity contribution in [3.8, 4) is 5.75 Å². The molecule has 8 heteroatoms. The molecule has 7 nitrogen and oxygen atoms in total. The number of benzene rings is 2. The van der Waals surface area contributed by atoms with Crippen molar-refractivity contribution < 1.29 is 14.3 Å². The van der Waals surface area contributed by atoms with E-state index in [2.05, 4.69) is 20.9 Å². The summed E-state index contributed by atoms with van der Waals surface area (Å²) in [4.78, 5) is 28.6. The molecule has 0 radical (unpaired) electrons. The van der Waals surface area contributed by atoms with Crippen molar-refractivity contribution in [2.75, 3.05) is 23.1 Å². The van der Waals surface area contributed by atoms with Crippen LogP contribution in [0, 0.1) is 13.8 Å². The average molecular weight is 396 g/mol. The first-order valence-corrected chi connectivity index (χ1v) is 9.39. The third-order valence-corrected chi connectivity index (χ3v) is 4.64. The molecule has 0 aliphatic heterocycles. The summed E-state index contributed by atoms with van der Waals surface area (Å²) in [6.45, 7) is 3.84. The molecule has 0 aliphatic rings. The van der Waals surface area contributed by atoms with Gasteiger partial charge >= 0.3 is 6.03 Å². The molecular formula is C20H20N4O3S. The van der Waals surface area contributed by atoms with Gasteiger partial charge in [0.15, 0.2) is 5.13 Å². The minimum absolute atomic E-state index is 0.226. The molecule has 3 amide bonds. The van der Waals surface area contributed by atoms with Crippen molar-refractivity contribution in [3.63, 3.8) is 0 Å². The highest BCUT2D eigenvalue weighted by Gasteiger charge is 2.13. The van der Waals surface area contributed by atoms with E-state index in [0.29, 0.717) is 16.5 Å². The van der Waals surface area contributed by atoms with Gasteiger partial charge in [0.1, 0.15) is 11.4 Å². The van der Waals surface area contributed by atoms with Crippen molar-refractivity contribution in [3.05, 3.63) is 64.7 Å². The zero-order valence-electron chi connectivity index (χ0n) is 15.7. The molecule has 0 saturated heterocycles. The fourth-order valence-corrected chi connectivity index (χ4v) is 3.25. The van der Waals surface area contributed by atoms with E-state index in [1.54, 1.807) is 30.7 Å². The Morgan fingerprint density at radius 3 is 2.50 bits per heavy atom. The Kier molecular flexibility index (Phi) is 5.90. The molecular weight excluding hydrogens is 376 g/mol. The lowest BCUT2D eigenvalue weighted by atomic mass is 10.2.